The van der Waals surface area contributed by atoms with Crippen LogP contribution in [-0.4, -0.2) is 47.8 Å². The van der Waals surface area contributed by atoms with Gasteiger partial charge in [0.15, 0.2) is 5.82 Å². The monoisotopic (exact) mass is 404 g/mol. The first kappa shape index (κ1) is 19.5. The molecule has 9 heteroatoms. The Bertz CT molecular complexity index is 1020. The van der Waals surface area contributed by atoms with Gasteiger partial charge in [0.1, 0.15) is 11.6 Å². The summed E-state index contributed by atoms with van der Waals surface area (Å²) in [7, 11) is 1.40. The number of ether oxygens (including phenoxy) is 1. The summed E-state index contributed by atoms with van der Waals surface area (Å²) in [6.07, 6.45) is 0.387. The molecule has 3 heterocycles. The lowest BCUT2D eigenvalue weighted by atomic mass is 10.1. The highest BCUT2D eigenvalue weighted by atomic mass is 19.1. The summed E-state index contributed by atoms with van der Waals surface area (Å²) in [4.78, 5) is 33.0. The highest BCUT2D eigenvalue weighted by molar-refractivity contribution is 5.97. The molecule has 1 aromatic heterocycles. The summed E-state index contributed by atoms with van der Waals surface area (Å²) >= 11 is 0. The predicted molar refractivity (Wildman–Crippen MR) is 103 cm³/mol. The first-order chi connectivity index (χ1) is 13.9. The quantitative estimate of drug-likeness (QED) is 0.774. The van der Waals surface area contributed by atoms with Crippen molar-refractivity contribution in [3.05, 3.63) is 51.6 Å². The molecular formula is C20H22F2N4O3. The number of halogens is 2. The number of benzene rings is 1. The summed E-state index contributed by atoms with van der Waals surface area (Å²) in [5.41, 5.74) is 0.603. The normalized spacial score (nSPS) is 18.8. The molecule has 1 fully saturated rings. The summed E-state index contributed by atoms with van der Waals surface area (Å²) in [6.45, 7) is 3.57. The van der Waals surface area contributed by atoms with E-state index in [0.29, 0.717) is 38.4 Å². The lowest BCUT2D eigenvalue weighted by Gasteiger charge is -2.28. The van der Waals surface area contributed by atoms with Crippen molar-refractivity contribution in [3.63, 3.8) is 0 Å². The maximum Gasteiger partial charge on any atom is 0.291 e. The van der Waals surface area contributed by atoms with E-state index >= 15 is 0 Å². The Morgan fingerprint density at radius 3 is 2.72 bits per heavy atom. The minimum atomic E-state index is -0.930. The van der Waals surface area contributed by atoms with Crippen LogP contribution in [0.2, 0.25) is 0 Å². The molecule has 2 aliphatic heterocycles. The first-order valence-corrected chi connectivity index (χ1v) is 9.55. The number of hydrogen-bond donors (Lipinski definition) is 0. The Kier molecular flexibility index (Phi) is 5.08. The molecule has 29 heavy (non-hydrogen) atoms. The highest BCUT2D eigenvalue weighted by Crippen LogP contribution is 2.33. The molecule has 0 N–H and O–H groups in total. The van der Waals surface area contributed by atoms with Crippen molar-refractivity contribution in [2.75, 3.05) is 36.1 Å². The van der Waals surface area contributed by atoms with Crippen LogP contribution in [0.1, 0.15) is 18.3 Å². The molecule has 0 saturated carbocycles. The molecule has 0 spiro atoms. The third-order valence-corrected chi connectivity index (χ3v) is 5.46. The van der Waals surface area contributed by atoms with Gasteiger partial charge in [-0.25, -0.2) is 9.37 Å². The van der Waals surface area contributed by atoms with Crippen LogP contribution in [0.5, 0.6) is 0 Å². The molecule has 1 atom stereocenters. The fourth-order valence-corrected chi connectivity index (χ4v) is 3.95. The van der Waals surface area contributed by atoms with Crippen LogP contribution in [0.4, 0.5) is 20.3 Å². The molecule has 1 aromatic carbocycles. The smallest absolute Gasteiger partial charge is 0.291 e. The van der Waals surface area contributed by atoms with Gasteiger partial charge in [-0.3, -0.25) is 14.2 Å². The van der Waals surface area contributed by atoms with Crippen LogP contribution in [-0.2, 0) is 29.4 Å². The molecule has 2 aliphatic rings. The molecule has 1 saturated heterocycles. The minimum Gasteiger partial charge on any atom is -0.378 e. The second kappa shape index (κ2) is 7.55. The zero-order valence-electron chi connectivity index (χ0n) is 16.3. The number of anilines is 2. The van der Waals surface area contributed by atoms with Crippen molar-refractivity contribution < 1.29 is 18.3 Å². The second-order valence-electron chi connectivity index (χ2n) is 7.40. The van der Waals surface area contributed by atoms with Crippen LogP contribution in [0.3, 0.4) is 0 Å². The van der Waals surface area contributed by atoms with Crippen LogP contribution >= 0.6 is 0 Å². The molecule has 7 nitrogen and oxygen atoms in total. The SMILES string of the molecule is CC1Cc2cc(F)ccc2N1C(=O)Cc1nc(N2CCOCC2)c(F)c(=O)n1C. The number of carbonyl (C=O) groups excluding carboxylic acids is 1. The van der Waals surface area contributed by atoms with Crippen molar-refractivity contribution >= 4 is 17.4 Å². The molecule has 2 aromatic rings. The van der Waals surface area contributed by atoms with E-state index in [9.17, 15) is 18.4 Å². The fraction of sp³-hybridized carbons (Fsp3) is 0.450. The molecule has 1 unspecified atom stereocenters. The largest absolute Gasteiger partial charge is 0.378 e. The van der Waals surface area contributed by atoms with E-state index in [0.717, 1.165) is 10.1 Å². The third kappa shape index (κ3) is 3.50. The second-order valence-corrected chi connectivity index (χ2v) is 7.40. The summed E-state index contributed by atoms with van der Waals surface area (Å²) < 4.78 is 34.4. The van der Waals surface area contributed by atoms with Gasteiger partial charge in [0.05, 0.1) is 19.6 Å². The Morgan fingerprint density at radius 2 is 2.00 bits per heavy atom. The van der Waals surface area contributed by atoms with Crippen LogP contribution in [0.25, 0.3) is 0 Å². The fourth-order valence-electron chi connectivity index (χ4n) is 3.95. The van der Waals surface area contributed by atoms with Gasteiger partial charge in [-0.05, 0) is 37.1 Å². The maximum absolute atomic E-state index is 14.6. The molecule has 4 rings (SSSR count). The summed E-state index contributed by atoms with van der Waals surface area (Å²) in [5, 5.41) is 0. The van der Waals surface area contributed by atoms with Gasteiger partial charge >= 0.3 is 0 Å². The van der Waals surface area contributed by atoms with Crippen molar-refractivity contribution in [3.8, 4) is 0 Å². The van der Waals surface area contributed by atoms with E-state index in [2.05, 4.69) is 4.98 Å². The number of nitrogens with zero attached hydrogens (tertiary/aromatic N) is 4. The van der Waals surface area contributed by atoms with Crippen LogP contribution < -0.4 is 15.4 Å². The Balaban J connectivity index is 1.65. The maximum atomic E-state index is 14.6. The molecule has 154 valence electrons. The Labute approximate surface area is 166 Å². The van der Waals surface area contributed by atoms with Gasteiger partial charge in [-0.15, -0.1) is 0 Å². The molecular weight excluding hydrogens is 382 g/mol. The van der Waals surface area contributed by atoms with Crippen molar-refractivity contribution in [1.29, 1.82) is 0 Å². The minimum absolute atomic E-state index is 0.0452. The molecule has 0 aliphatic carbocycles. The Hall–Kier alpha value is -2.81. The van der Waals surface area contributed by atoms with Gasteiger partial charge in [-0.1, -0.05) is 0 Å². The zero-order chi connectivity index (χ0) is 20.7. The summed E-state index contributed by atoms with van der Waals surface area (Å²) in [5.74, 6) is -1.41. The predicted octanol–water partition coefficient (Wildman–Crippen LogP) is 1.42. The van der Waals surface area contributed by atoms with Crippen LogP contribution in [0, 0.1) is 11.6 Å². The number of aromatic nitrogens is 2. The molecule has 1 amide bonds. The van der Waals surface area contributed by atoms with Gasteiger partial charge in [-0.2, -0.15) is 4.39 Å². The van der Waals surface area contributed by atoms with E-state index in [1.54, 1.807) is 15.9 Å². The highest BCUT2D eigenvalue weighted by Gasteiger charge is 2.32. The van der Waals surface area contributed by atoms with Crippen molar-refractivity contribution in [2.24, 2.45) is 7.05 Å². The van der Waals surface area contributed by atoms with Gasteiger partial charge in [0, 0.05) is 31.9 Å². The summed E-state index contributed by atoms with van der Waals surface area (Å²) in [6, 6.07) is 4.19. The number of morpholine rings is 1. The van der Waals surface area contributed by atoms with Gasteiger partial charge in [0.2, 0.25) is 11.7 Å². The van der Waals surface area contributed by atoms with E-state index in [4.69, 9.17) is 4.74 Å². The van der Waals surface area contributed by atoms with Gasteiger partial charge < -0.3 is 14.5 Å². The van der Waals surface area contributed by atoms with Crippen molar-refractivity contribution in [2.45, 2.75) is 25.8 Å². The van der Waals surface area contributed by atoms with E-state index in [1.165, 1.54) is 19.2 Å². The van der Waals surface area contributed by atoms with E-state index in [-0.39, 0.29) is 35.8 Å². The lowest BCUT2D eigenvalue weighted by molar-refractivity contribution is -0.118. The average molecular weight is 404 g/mol. The third-order valence-electron chi connectivity index (χ3n) is 5.46. The topological polar surface area (TPSA) is 67.7 Å². The molecule has 0 radical (unpaired) electrons. The van der Waals surface area contributed by atoms with E-state index in [1.807, 2.05) is 6.92 Å². The average Bonchev–Trinajstić information content (AvgIpc) is 3.03. The number of hydrogen-bond acceptors (Lipinski definition) is 5. The number of rotatable bonds is 3. The standard InChI is InChI=1S/C20H22F2N4O3/c1-12-9-13-10-14(21)3-4-15(13)26(12)17(27)11-16-23-19(18(22)20(28)24(16)2)25-5-7-29-8-6-25/h3-4,10,12H,5-9,11H2,1-2H3. The van der Waals surface area contributed by atoms with Crippen molar-refractivity contribution in [1.82, 2.24) is 9.55 Å². The molecule has 0 bridgehead atoms. The van der Waals surface area contributed by atoms with Gasteiger partial charge in [0.25, 0.3) is 5.56 Å². The first-order valence-electron chi connectivity index (χ1n) is 9.55. The lowest BCUT2D eigenvalue weighted by Crippen LogP contribution is -2.41. The number of fused-ring (bicyclic) bond motifs is 1. The van der Waals surface area contributed by atoms with Crippen LogP contribution in [0.15, 0.2) is 23.0 Å². The Morgan fingerprint density at radius 1 is 1.28 bits per heavy atom. The zero-order valence-corrected chi connectivity index (χ0v) is 16.3. The number of amides is 1. The number of carbonyl (C=O) groups is 1. The van der Waals surface area contributed by atoms with E-state index < -0.39 is 11.4 Å².